The second-order valence-corrected chi connectivity index (χ2v) is 7.27. The van der Waals surface area contributed by atoms with Gasteiger partial charge >= 0.3 is 0 Å². The maximum atomic E-state index is 6.11. The van der Waals surface area contributed by atoms with E-state index in [4.69, 9.17) is 5.73 Å². The van der Waals surface area contributed by atoms with Crippen LogP contribution in [-0.2, 0) is 0 Å². The summed E-state index contributed by atoms with van der Waals surface area (Å²) in [5.74, 6) is 1.75. The molecule has 0 aromatic heterocycles. The van der Waals surface area contributed by atoms with E-state index in [9.17, 15) is 0 Å². The molecular formula is C19H30N2. The standard InChI is InChI=1S/C19H30N2/c1-14-3-11-18(12-4-14)21(2)19(13-20)17-9-7-16(8-10-17)15-5-6-15/h7-10,14-15,18-19H,3-6,11-13,20H2,1-2H3. The third-order valence-electron chi connectivity index (χ3n) is 5.65. The van der Waals surface area contributed by atoms with Gasteiger partial charge in [-0.2, -0.15) is 0 Å². The quantitative estimate of drug-likeness (QED) is 0.884. The topological polar surface area (TPSA) is 29.3 Å². The van der Waals surface area contributed by atoms with E-state index in [0.29, 0.717) is 18.6 Å². The summed E-state index contributed by atoms with van der Waals surface area (Å²) in [5, 5.41) is 0. The molecule has 2 N–H and O–H groups in total. The number of nitrogens with zero attached hydrogens (tertiary/aromatic N) is 1. The first-order valence-electron chi connectivity index (χ1n) is 8.71. The Kier molecular flexibility index (Phi) is 4.66. The summed E-state index contributed by atoms with van der Waals surface area (Å²) in [6.45, 7) is 3.10. The van der Waals surface area contributed by atoms with Crippen LogP contribution in [0, 0.1) is 5.92 Å². The maximum Gasteiger partial charge on any atom is 0.0470 e. The van der Waals surface area contributed by atoms with Gasteiger partial charge in [0.25, 0.3) is 0 Å². The van der Waals surface area contributed by atoms with Crippen LogP contribution in [0.25, 0.3) is 0 Å². The summed E-state index contributed by atoms with van der Waals surface area (Å²) in [6, 6.07) is 10.4. The normalized spacial score (nSPS) is 27.8. The minimum atomic E-state index is 0.372. The van der Waals surface area contributed by atoms with Crippen molar-refractivity contribution in [2.24, 2.45) is 11.7 Å². The molecule has 2 nitrogen and oxygen atoms in total. The van der Waals surface area contributed by atoms with Gasteiger partial charge in [0.15, 0.2) is 0 Å². The lowest BCUT2D eigenvalue weighted by molar-refractivity contribution is 0.126. The SMILES string of the molecule is CC1CCC(N(C)C(CN)c2ccc(C3CC3)cc2)CC1. The zero-order chi connectivity index (χ0) is 14.8. The van der Waals surface area contributed by atoms with Crippen LogP contribution in [0.3, 0.4) is 0 Å². The molecule has 1 atom stereocenters. The van der Waals surface area contributed by atoms with Crippen molar-refractivity contribution in [1.29, 1.82) is 0 Å². The lowest BCUT2D eigenvalue weighted by Gasteiger charge is -2.38. The monoisotopic (exact) mass is 286 g/mol. The number of hydrogen-bond donors (Lipinski definition) is 1. The van der Waals surface area contributed by atoms with Crippen molar-refractivity contribution in [2.75, 3.05) is 13.6 Å². The Morgan fingerprint density at radius 2 is 1.67 bits per heavy atom. The summed E-state index contributed by atoms with van der Waals surface area (Å²) >= 11 is 0. The molecule has 0 saturated heterocycles. The van der Waals surface area contributed by atoms with Crippen LogP contribution >= 0.6 is 0 Å². The lowest BCUT2D eigenvalue weighted by Crippen LogP contribution is -2.40. The first kappa shape index (κ1) is 15.1. The highest BCUT2D eigenvalue weighted by atomic mass is 15.2. The lowest BCUT2D eigenvalue weighted by atomic mass is 9.86. The van der Waals surface area contributed by atoms with Gasteiger partial charge in [-0.25, -0.2) is 0 Å². The van der Waals surface area contributed by atoms with Crippen LogP contribution in [-0.4, -0.2) is 24.5 Å². The number of rotatable bonds is 5. The van der Waals surface area contributed by atoms with E-state index < -0.39 is 0 Å². The summed E-state index contributed by atoms with van der Waals surface area (Å²) < 4.78 is 0. The zero-order valence-electron chi connectivity index (χ0n) is 13.6. The molecule has 0 aliphatic heterocycles. The molecule has 0 bridgehead atoms. The second-order valence-electron chi connectivity index (χ2n) is 7.27. The first-order valence-corrected chi connectivity index (χ1v) is 8.71. The molecule has 0 radical (unpaired) electrons. The van der Waals surface area contributed by atoms with Gasteiger partial charge in [0.05, 0.1) is 0 Å². The van der Waals surface area contributed by atoms with Crippen molar-refractivity contribution in [3.8, 4) is 0 Å². The van der Waals surface area contributed by atoms with Crippen molar-refractivity contribution in [3.63, 3.8) is 0 Å². The van der Waals surface area contributed by atoms with E-state index >= 15 is 0 Å². The summed E-state index contributed by atoms with van der Waals surface area (Å²) in [7, 11) is 2.27. The van der Waals surface area contributed by atoms with E-state index in [-0.39, 0.29) is 0 Å². The maximum absolute atomic E-state index is 6.11. The molecule has 2 aliphatic carbocycles. The number of benzene rings is 1. The molecule has 0 amide bonds. The molecule has 3 rings (SSSR count). The number of nitrogens with two attached hydrogens (primary N) is 1. The van der Waals surface area contributed by atoms with Gasteiger partial charge in [0.2, 0.25) is 0 Å². The molecule has 21 heavy (non-hydrogen) atoms. The van der Waals surface area contributed by atoms with Crippen molar-refractivity contribution >= 4 is 0 Å². The van der Waals surface area contributed by atoms with Crippen molar-refractivity contribution in [2.45, 2.75) is 63.5 Å². The fourth-order valence-electron chi connectivity index (χ4n) is 3.85. The van der Waals surface area contributed by atoms with Gasteiger partial charge in [0, 0.05) is 18.6 Å². The van der Waals surface area contributed by atoms with Gasteiger partial charge in [0.1, 0.15) is 0 Å². The van der Waals surface area contributed by atoms with E-state index in [1.54, 1.807) is 0 Å². The van der Waals surface area contributed by atoms with Crippen LogP contribution in [0.2, 0.25) is 0 Å². The zero-order valence-corrected chi connectivity index (χ0v) is 13.6. The predicted octanol–water partition coefficient (Wildman–Crippen LogP) is 4.07. The Morgan fingerprint density at radius 1 is 1.05 bits per heavy atom. The smallest absolute Gasteiger partial charge is 0.0470 e. The van der Waals surface area contributed by atoms with Gasteiger partial charge in [-0.15, -0.1) is 0 Å². The molecule has 1 aromatic rings. The third-order valence-corrected chi connectivity index (χ3v) is 5.65. The van der Waals surface area contributed by atoms with Gasteiger partial charge < -0.3 is 5.73 Å². The van der Waals surface area contributed by atoms with E-state index in [0.717, 1.165) is 11.8 Å². The molecule has 1 unspecified atom stereocenters. The second kappa shape index (κ2) is 6.50. The highest BCUT2D eigenvalue weighted by molar-refractivity contribution is 5.30. The van der Waals surface area contributed by atoms with E-state index in [2.05, 4.69) is 43.1 Å². The third kappa shape index (κ3) is 3.49. The van der Waals surface area contributed by atoms with Crippen molar-refractivity contribution in [3.05, 3.63) is 35.4 Å². The Labute approximate surface area is 129 Å². The van der Waals surface area contributed by atoms with Crippen LogP contribution in [0.15, 0.2) is 24.3 Å². The van der Waals surface area contributed by atoms with E-state index in [1.165, 1.54) is 49.7 Å². The van der Waals surface area contributed by atoms with Crippen LogP contribution in [0.5, 0.6) is 0 Å². The Balaban J connectivity index is 1.68. The minimum absolute atomic E-state index is 0.372. The molecule has 0 heterocycles. The molecular weight excluding hydrogens is 256 g/mol. The van der Waals surface area contributed by atoms with Gasteiger partial charge in [-0.3, -0.25) is 4.90 Å². The fourth-order valence-corrected chi connectivity index (χ4v) is 3.85. The highest BCUT2D eigenvalue weighted by Gasteiger charge is 2.27. The fraction of sp³-hybridized carbons (Fsp3) is 0.684. The largest absolute Gasteiger partial charge is 0.329 e. The Hall–Kier alpha value is -0.860. The molecule has 2 fully saturated rings. The van der Waals surface area contributed by atoms with Crippen molar-refractivity contribution < 1.29 is 0 Å². The Morgan fingerprint density at radius 3 is 2.19 bits per heavy atom. The van der Waals surface area contributed by atoms with Crippen molar-refractivity contribution in [1.82, 2.24) is 4.90 Å². The molecule has 0 spiro atoms. The number of likely N-dealkylation sites (N-methyl/N-ethyl adjacent to an activating group) is 1. The average molecular weight is 286 g/mol. The van der Waals surface area contributed by atoms with Crippen LogP contribution in [0.4, 0.5) is 0 Å². The van der Waals surface area contributed by atoms with Gasteiger partial charge in [-0.05, 0) is 68.5 Å². The highest BCUT2D eigenvalue weighted by Crippen LogP contribution is 2.40. The predicted molar refractivity (Wildman–Crippen MR) is 89.4 cm³/mol. The molecule has 1 aromatic carbocycles. The minimum Gasteiger partial charge on any atom is -0.329 e. The van der Waals surface area contributed by atoms with Crippen LogP contribution in [0.1, 0.15) is 68.5 Å². The average Bonchev–Trinajstić information content (AvgIpc) is 3.34. The Bertz CT molecular complexity index is 441. The number of hydrogen-bond acceptors (Lipinski definition) is 2. The van der Waals surface area contributed by atoms with Crippen LogP contribution < -0.4 is 5.73 Å². The molecule has 2 aliphatic rings. The van der Waals surface area contributed by atoms with E-state index in [1.807, 2.05) is 0 Å². The van der Waals surface area contributed by atoms with Gasteiger partial charge in [-0.1, -0.05) is 31.2 Å². The summed E-state index contributed by atoms with van der Waals surface area (Å²) in [5.41, 5.74) is 9.02. The molecule has 2 heteroatoms. The molecule has 2 saturated carbocycles. The summed E-state index contributed by atoms with van der Waals surface area (Å²) in [4.78, 5) is 2.54. The summed E-state index contributed by atoms with van der Waals surface area (Å²) in [6.07, 6.45) is 8.14. The first-order chi connectivity index (χ1) is 10.2. The molecule has 116 valence electrons.